The molecule has 0 aliphatic rings. The molecule has 2 nitrogen and oxygen atoms in total. The Labute approximate surface area is 259 Å². The van der Waals surface area contributed by atoms with E-state index in [1.807, 2.05) is 42.5 Å². The van der Waals surface area contributed by atoms with Crippen LogP contribution >= 0.6 is 90.4 Å². The van der Waals surface area contributed by atoms with Crippen LogP contribution < -0.4 is 4.73 Å². The van der Waals surface area contributed by atoms with Crippen LogP contribution in [-0.2, 0) is 0 Å². The van der Waals surface area contributed by atoms with E-state index in [-0.39, 0.29) is 0 Å². The van der Waals surface area contributed by atoms with Crippen LogP contribution in [0.3, 0.4) is 0 Å². The Morgan fingerprint density at radius 2 is 0.676 bits per heavy atom. The summed E-state index contributed by atoms with van der Waals surface area (Å²) >= 11 is 4.81. The molecule has 14 heteroatoms. The predicted molar refractivity (Wildman–Crippen MR) is 154 cm³/mol. The second-order valence-corrected chi connectivity index (χ2v) is 10.9. The highest BCUT2D eigenvalue weighted by atomic mass is 127. The molecular formula is C23H9F8I4NO. The van der Waals surface area contributed by atoms with Crippen molar-refractivity contribution in [3.05, 3.63) is 121 Å². The molecule has 3 aromatic carbocycles. The summed E-state index contributed by atoms with van der Waals surface area (Å²) in [5.41, 5.74) is 2.19. The first kappa shape index (κ1) is 32.2. The maximum atomic E-state index is 12.6. The molecule has 1 heterocycles. The lowest BCUT2D eigenvalue weighted by Gasteiger charge is -2.02. The van der Waals surface area contributed by atoms with E-state index in [4.69, 9.17) is 0 Å². The highest BCUT2D eigenvalue weighted by molar-refractivity contribution is 14.1. The molecule has 0 unspecified atom stereocenters. The van der Waals surface area contributed by atoms with E-state index in [9.17, 15) is 40.3 Å². The zero-order valence-corrected chi connectivity index (χ0v) is 26.2. The van der Waals surface area contributed by atoms with E-state index in [0.717, 1.165) is 15.9 Å². The maximum absolute atomic E-state index is 12.6. The van der Waals surface area contributed by atoms with Gasteiger partial charge in [0.05, 0.1) is 14.3 Å². The topological polar surface area (TPSA) is 26.9 Å². The summed E-state index contributed by atoms with van der Waals surface area (Å²) in [6.07, 6.45) is 3.00. The fourth-order valence-electron chi connectivity index (χ4n) is 2.39. The fourth-order valence-corrected chi connectivity index (χ4v) is 4.29. The van der Waals surface area contributed by atoms with E-state index < -0.39 is 60.8 Å². The molecule has 0 atom stereocenters. The third-order valence-corrected chi connectivity index (χ3v) is 8.01. The van der Waals surface area contributed by atoms with Gasteiger partial charge in [0.2, 0.25) is 0 Å². The van der Waals surface area contributed by atoms with Crippen molar-refractivity contribution in [3.63, 3.8) is 0 Å². The SMILES string of the molecule is Fc1c(F)c(I)c(F)c(F)c1I.Fc1c(F)c(I)c(F)c(F)c1I.[O-][n+]1ccc(-c2ccccc2)cc1. The van der Waals surface area contributed by atoms with Crippen molar-refractivity contribution in [2.45, 2.75) is 0 Å². The molecule has 0 aliphatic heterocycles. The molecule has 0 saturated carbocycles. The van der Waals surface area contributed by atoms with Crippen LogP contribution in [0.25, 0.3) is 11.1 Å². The zero-order chi connectivity index (χ0) is 28.0. The average molecular weight is 975 g/mol. The zero-order valence-electron chi connectivity index (χ0n) is 17.6. The van der Waals surface area contributed by atoms with Crippen molar-refractivity contribution < 1.29 is 39.9 Å². The third-order valence-electron chi connectivity index (χ3n) is 4.22. The lowest BCUT2D eigenvalue weighted by Crippen LogP contribution is -2.23. The Morgan fingerprint density at radius 1 is 0.432 bits per heavy atom. The number of hydrogen-bond donors (Lipinski definition) is 0. The Bertz CT molecular complexity index is 1130. The molecule has 0 aliphatic carbocycles. The lowest BCUT2D eigenvalue weighted by atomic mass is 10.1. The van der Waals surface area contributed by atoms with Gasteiger partial charge >= 0.3 is 0 Å². The minimum atomic E-state index is -1.35. The molecule has 37 heavy (non-hydrogen) atoms. The highest BCUT2D eigenvalue weighted by Crippen LogP contribution is 2.27. The summed E-state index contributed by atoms with van der Waals surface area (Å²) in [5, 5.41) is 10.8. The van der Waals surface area contributed by atoms with Crippen molar-refractivity contribution in [2.24, 2.45) is 0 Å². The van der Waals surface area contributed by atoms with Crippen LogP contribution in [0.5, 0.6) is 0 Å². The molecular weight excluding hydrogens is 966 g/mol. The van der Waals surface area contributed by atoms with Gasteiger partial charge in [-0.05, 0) is 101 Å². The second kappa shape index (κ2) is 14.4. The molecule has 0 spiro atoms. The number of benzene rings is 3. The Kier molecular flexibility index (Phi) is 12.5. The summed E-state index contributed by atoms with van der Waals surface area (Å²) in [5.74, 6) is -10.8. The molecule has 0 N–H and O–H groups in total. The van der Waals surface area contributed by atoms with Gasteiger partial charge < -0.3 is 5.21 Å². The Balaban J connectivity index is 0.000000195. The Morgan fingerprint density at radius 3 is 0.946 bits per heavy atom. The number of rotatable bonds is 1. The molecule has 0 bridgehead atoms. The molecule has 4 rings (SSSR count). The van der Waals surface area contributed by atoms with Gasteiger partial charge in [-0.3, -0.25) is 0 Å². The molecule has 0 radical (unpaired) electrons. The van der Waals surface area contributed by atoms with Gasteiger partial charge in [0.1, 0.15) is 0 Å². The van der Waals surface area contributed by atoms with Crippen LogP contribution in [0.2, 0.25) is 0 Å². The molecule has 196 valence electrons. The first-order valence-corrected chi connectivity index (χ1v) is 13.7. The van der Waals surface area contributed by atoms with Crippen LogP contribution in [0.15, 0.2) is 54.9 Å². The van der Waals surface area contributed by atoms with E-state index >= 15 is 0 Å². The van der Waals surface area contributed by atoms with Crippen LogP contribution in [-0.4, -0.2) is 0 Å². The van der Waals surface area contributed by atoms with Crippen LogP contribution in [0.4, 0.5) is 35.1 Å². The number of pyridine rings is 1. The van der Waals surface area contributed by atoms with Gasteiger partial charge in [0.15, 0.2) is 58.9 Å². The number of hydrogen-bond acceptors (Lipinski definition) is 1. The predicted octanol–water partition coefficient (Wildman–Crippen LogP) is 8.89. The summed E-state index contributed by atoms with van der Waals surface area (Å²) in [4.78, 5) is 0. The highest BCUT2D eigenvalue weighted by Gasteiger charge is 2.22. The minimum Gasteiger partial charge on any atom is -0.619 e. The number of nitrogens with zero attached hydrogens (tertiary/aromatic N) is 1. The lowest BCUT2D eigenvalue weighted by molar-refractivity contribution is -0.605. The van der Waals surface area contributed by atoms with Gasteiger partial charge in [-0.1, -0.05) is 30.3 Å². The van der Waals surface area contributed by atoms with Gasteiger partial charge in [0, 0.05) is 12.1 Å². The second-order valence-electron chi connectivity index (χ2n) is 6.58. The summed E-state index contributed by atoms with van der Waals surface area (Å²) in [6.45, 7) is 0. The molecule has 1 aromatic heterocycles. The minimum absolute atomic E-state index is 0.664. The summed E-state index contributed by atoms with van der Waals surface area (Å²) in [7, 11) is 0. The van der Waals surface area contributed by atoms with E-state index in [2.05, 4.69) is 0 Å². The third kappa shape index (κ3) is 7.99. The quantitative estimate of drug-likeness (QED) is 0.0468. The van der Waals surface area contributed by atoms with E-state index in [1.165, 1.54) is 103 Å². The molecule has 0 saturated heterocycles. The van der Waals surface area contributed by atoms with Gasteiger partial charge in [-0.15, -0.1) is 0 Å². The number of halogens is 12. The first-order valence-electron chi connectivity index (χ1n) is 9.37. The van der Waals surface area contributed by atoms with Gasteiger partial charge in [-0.25, -0.2) is 35.1 Å². The normalized spacial score (nSPS) is 10.3. The van der Waals surface area contributed by atoms with E-state index in [0.29, 0.717) is 0 Å². The molecule has 0 amide bonds. The maximum Gasteiger partial charge on any atom is 0.180 e. The first-order chi connectivity index (χ1) is 17.3. The van der Waals surface area contributed by atoms with Crippen LogP contribution in [0, 0.1) is 66.0 Å². The fraction of sp³-hybridized carbons (Fsp3) is 0. The van der Waals surface area contributed by atoms with E-state index in [1.54, 1.807) is 0 Å². The van der Waals surface area contributed by atoms with Crippen molar-refractivity contribution in [1.29, 1.82) is 0 Å². The van der Waals surface area contributed by atoms with Gasteiger partial charge in [0.25, 0.3) is 0 Å². The van der Waals surface area contributed by atoms with Crippen molar-refractivity contribution >= 4 is 90.4 Å². The number of aromatic nitrogens is 1. The standard InChI is InChI=1S/C11H9NO.2C6F4I2/c13-12-8-6-11(7-9-12)10-4-2-1-3-5-10;2*7-1-2(8)6(12)4(10)3(9)5(1)11/h1-9H;;. The molecule has 4 aromatic rings. The smallest absolute Gasteiger partial charge is 0.180 e. The van der Waals surface area contributed by atoms with Crippen molar-refractivity contribution in [2.75, 3.05) is 0 Å². The summed E-state index contributed by atoms with van der Waals surface area (Å²) < 4.78 is 99.2. The summed E-state index contributed by atoms with van der Waals surface area (Å²) in [6, 6.07) is 13.6. The van der Waals surface area contributed by atoms with Crippen molar-refractivity contribution in [3.8, 4) is 11.1 Å². The van der Waals surface area contributed by atoms with Crippen LogP contribution in [0.1, 0.15) is 0 Å². The van der Waals surface area contributed by atoms with Gasteiger partial charge in [-0.2, -0.15) is 4.73 Å². The monoisotopic (exact) mass is 975 g/mol. The average Bonchev–Trinajstić information content (AvgIpc) is 2.92. The largest absolute Gasteiger partial charge is 0.619 e. The van der Waals surface area contributed by atoms with Crippen molar-refractivity contribution in [1.82, 2.24) is 0 Å². The Hall–Kier alpha value is -1.03. The molecule has 0 fully saturated rings.